The van der Waals surface area contributed by atoms with Gasteiger partial charge in [0.15, 0.2) is 0 Å². The van der Waals surface area contributed by atoms with Crippen molar-refractivity contribution >= 4 is 0 Å². The first-order valence-electron chi connectivity index (χ1n) is 7.55. The maximum absolute atomic E-state index is 5.77. The number of hydrogen-bond donors (Lipinski definition) is 0. The SMILES string of the molecule is COCCOCC(COC(C)C)N(CCOC)CCOC. The van der Waals surface area contributed by atoms with Crippen molar-refractivity contribution in [1.29, 1.82) is 0 Å². The van der Waals surface area contributed by atoms with Crippen LogP contribution in [0.25, 0.3) is 0 Å². The Morgan fingerprint density at radius 3 is 1.81 bits per heavy atom. The molecule has 0 N–H and O–H groups in total. The largest absolute Gasteiger partial charge is 0.383 e. The van der Waals surface area contributed by atoms with Crippen LogP contribution in [0.15, 0.2) is 0 Å². The van der Waals surface area contributed by atoms with Gasteiger partial charge in [0.25, 0.3) is 0 Å². The van der Waals surface area contributed by atoms with Gasteiger partial charge in [-0.05, 0) is 13.8 Å². The van der Waals surface area contributed by atoms with Gasteiger partial charge in [0.2, 0.25) is 0 Å². The molecule has 0 radical (unpaired) electrons. The van der Waals surface area contributed by atoms with E-state index < -0.39 is 0 Å². The van der Waals surface area contributed by atoms with Crippen LogP contribution in [0.3, 0.4) is 0 Å². The Hall–Kier alpha value is -0.240. The van der Waals surface area contributed by atoms with Crippen molar-refractivity contribution in [2.45, 2.75) is 26.0 Å². The van der Waals surface area contributed by atoms with Crippen molar-refractivity contribution < 1.29 is 23.7 Å². The van der Waals surface area contributed by atoms with Gasteiger partial charge in [-0.25, -0.2) is 0 Å². The Balaban J connectivity index is 4.40. The van der Waals surface area contributed by atoms with Gasteiger partial charge in [-0.2, -0.15) is 0 Å². The van der Waals surface area contributed by atoms with E-state index in [0.29, 0.717) is 39.6 Å². The summed E-state index contributed by atoms with van der Waals surface area (Å²) in [6.45, 7) is 9.56. The monoisotopic (exact) mass is 307 g/mol. The van der Waals surface area contributed by atoms with Gasteiger partial charge >= 0.3 is 0 Å². The Bertz CT molecular complexity index is 208. The van der Waals surface area contributed by atoms with Gasteiger partial charge in [-0.1, -0.05) is 0 Å². The summed E-state index contributed by atoms with van der Waals surface area (Å²) in [5, 5.41) is 0. The van der Waals surface area contributed by atoms with Crippen LogP contribution in [-0.2, 0) is 23.7 Å². The highest BCUT2D eigenvalue weighted by Crippen LogP contribution is 2.04. The molecule has 0 rings (SSSR count). The minimum absolute atomic E-state index is 0.189. The zero-order chi connectivity index (χ0) is 15.9. The van der Waals surface area contributed by atoms with Gasteiger partial charge in [0.05, 0.1) is 51.8 Å². The van der Waals surface area contributed by atoms with E-state index in [-0.39, 0.29) is 12.1 Å². The summed E-state index contributed by atoms with van der Waals surface area (Å²) in [6.07, 6.45) is 0.207. The quantitative estimate of drug-likeness (QED) is 0.421. The summed E-state index contributed by atoms with van der Waals surface area (Å²) in [5.41, 5.74) is 0. The van der Waals surface area contributed by atoms with Crippen molar-refractivity contribution in [1.82, 2.24) is 4.90 Å². The molecule has 128 valence electrons. The fourth-order valence-electron chi connectivity index (χ4n) is 1.82. The van der Waals surface area contributed by atoms with Crippen LogP contribution in [0, 0.1) is 0 Å². The smallest absolute Gasteiger partial charge is 0.0701 e. The molecule has 21 heavy (non-hydrogen) atoms. The van der Waals surface area contributed by atoms with Crippen LogP contribution < -0.4 is 0 Å². The Kier molecular flexibility index (Phi) is 14.5. The maximum Gasteiger partial charge on any atom is 0.0701 e. The van der Waals surface area contributed by atoms with Crippen LogP contribution in [0.1, 0.15) is 13.8 Å². The van der Waals surface area contributed by atoms with E-state index in [4.69, 9.17) is 23.7 Å². The lowest BCUT2D eigenvalue weighted by Crippen LogP contribution is -2.45. The highest BCUT2D eigenvalue weighted by atomic mass is 16.5. The van der Waals surface area contributed by atoms with E-state index in [1.54, 1.807) is 21.3 Å². The van der Waals surface area contributed by atoms with Gasteiger partial charge in [-0.15, -0.1) is 0 Å². The summed E-state index contributed by atoms with van der Waals surface area (Å²) in [4.78, 5) is 2.29. The first-order chi connectivity index (χ1) is 10.2. The normalized spacial score (nSPS) is 13.3. The Morgan fingerprint density at radius 1 is 0.762 bits per heavy atom. The highest BCUT2D eigenvalue weighted by Gasteiger charge is 2.19. The van der Waals surface area contributed by atoms with Crippen LogP contribution >= 0.6 is 0 Å². The molecular formula is C15H33NO5. The van der Waals surface area contributed by atoms with Crippen molar-refractivity contribution in [2.75, 3.05) is 74.1 Å². The molecule has 0 saturated heterocycles. The molecule has 0 amide bonds. The molecule has 0 saturated carbocycles. The first kappa shape index (κ1) is 20.8. The van der Waals surface area contributed by atoms with Gasteiger partial charge in [0, 0.05) is 34.4 Å². The molecule has 1 atom stereocenters. The molecule has 0 aliphatic heterocycles. The number of nitrogens with zero attached hydrogens (tertiary/aromatic N) is 1. The molecule has 0 heterocycles. The van der Waals surface area contributed by atoms with Crippen LogP contribution in [0.2, 0.25) is 0 Å². The van der Waals surface area contributed by atoms with E-state index in [9.17, 15) is 0 Å². The third kappa shape index (κ3) is 12.0. The molecule has 0 spiro atoms. The molecule has 0 aromatic carbocycles. The number of methoxy groups -OCH3 is 3. The molecule has 0 aromatic rings. The molecule has 1 unspecified atom stereocenters. The van der Waals surface area contributed by atoms with Crippen LogP contribution in [-0.4, -0.2) is 91.1 Å². The first-order valence-corrected chi connectivity index (χ1v) is 7.55. The van der Waals surface area contributed by atoms with Crippen molar-refractivity contribution in [3.8, 4) is 0 Å². The lowest BCUT2D eigenvalue weighted by molar-refractivity contribution is -0.0321. The van der Waals surface area contributed by atoms with E-state index in [2.05, 4.69) is 4.90 Å². The van der Waals surface area contributed by atoms with E-state index in [1.165, 1.54) is 0 Å². The fraction of sp³-hybridized carbons (Fsp3) is 1.00. The third-order valence-electron chi connectivity index (χ3n) is 3.05. The topological polar surface area (TPSA) is 49.4 Å². The number of ether oxygens (including phenoxy) is 5. The summed E-state index contributed by atoms with van der Waals surface area (Å²) in [6, 6.07) is 0.189. The predicted octanol–water partition coefficient (Wildman–Crippen LogP) is 1.04. The fourth-order valence-corrected chi connectivity index (χ4v) is 1.82. The Morgan fingerprint density at radius 2 is 1.33 bits per heavy atom. The van der Waals surface area contributed by atoms with E-state index >= 15 is 0 Å². The average molecular weight is 307 g/mol. The number of hydrogen-bond acceptors (Lipinski definition) is 6. The molecule has 6 nitrogen and oxygen atoms in total. The minimum Gasteiger partial charge on any atom is -0.383 e. The number of rotatable bonds is 15. The summed E-state index contributed by atoms with van der Waals surface area (Å²) in [5.74, 6) is 0. The van der Waals surface area contributed by atoms with Crippen molar-refractivity contribution in [2.24, 2.45) is 0 Å². The van der Waals surface area contributed by atoms with Crippen LogP contribution in [0.5, 0.6) is 0 Å². The van der Waals surface area contributed by atoms with Crippen molar-refractivity contribution in [3.63, 3.8) is 0 Å². The molecule has 0 fully saturated rings. The Labute approximate surface area is 129 Å². The van der Waals surface area contributed by atoms with Crippen LogP contribution in [0.4, 0.5) is 0 Å². The summed E-state index contributed by atoms with van der Waals surface area (Å²) < 4.78 is 26.8. The molecule has 0 bridgehead atoms. The minimum atomic E-state index is 0.189. The standard InChI is InChI=1S/C15H33NO5/c1-14(2)21-13-15(12-20-11-10-19-5)16(6-8-17-3)7-9-18-4/h14-15H,6-13H2,1-5H3. The van der Waals surface area contributed by atoms with E-state index in [1.807, 2.05) is 13.8 Å². The molecule has 0 aromatic heterocycles. The second kappa shape index (κ2) is 14.7. The van der Waals surface area contributed by atoms with Gasteiger partial charge < -0.3 is 23.7 Å². The maximum atomic E-state index is 5.77. The summed E-state index contributed by atoms with van der Waals surface area (Å²) in [7, 11) is 5.10. The zero-order valence-corrected chi connectivity index (χ0v) is 14.3. The molecular weight excluding hydrogens is 274 g/mol. The van der Waals surface area contributed by atoms with Gasteiger partial charge in [-0.3, -0.25) is 4.90 Å². The van der Waals surface area contributed by atoms with E-state index in [0.717, 1.165) is 13.1 Å². The zero-order valence-electron chi connectivity index (χ0n) is 14.3. The second-order valence-corrected chi connectivity index (χ2v) is 5.13. The lowest BCUT2D eigenvalue weighted by atomic mass is 10.2. The second-order valence-electron chi connectivity index (χ2n) is 5.13. The average Bonchev–Trinajstić information content (AvgIpc) is 2.47. The van der Waals surface area contributed by atoms with Gasteiger partial charge in [0.1, 0.15) is 0 Å². The molecule has 0 aliphatic carbocycles. The highest BCUT2D eigenvalue weighted by molar-refractivity contribution is 4.72. The molecule has 6 heteroatoms. The van der Waals surface area contributed by atoms with Crippen molar-refractivity contribution in [3.05, 3.63) is 0 Å². The molecule has 0 aliphatic rings. The lowest BCUT2D eigenvalue weighted by Gasteiger charge is -2.31. The summed E-state index contributed by atoms with van der Waals surface area (Å²) >= 11 is 0. The predicted molar refractivity (Wildman–Crippen MR) is 82.9 cm³/mol. The third-order valence-corrected chi connectivity index (χ3v) is 3.05.